The van der Waals surface area contributed by atoms with Gasteiger partial charge in [0.25, 0.3) is 11.3 Å². The van der Waals surface area contributed by atoms with Crippen molar-refractivity contribution in [2.75, 3.05) is 4.72 Å². The summed E-state index contributed by atoms with van der Waals surface area (Å²) in [6, 6.07) is 13.2. The van der Waals surface area contributed by atoms with Gasteiger partial charge in [-0.1, -0.05) is 18.2 Å². The Bertz CT molecular complexity index is 857. The zero-order valence-corrected chi connectivity index (χ0v) is 12.0. The van der Waals surface area contributed by atoms with Gasteiger partial charge in [0, 0.05) is 11.5 Å². The average Bonchev–Trinajstić information content (AvgIpc) is 2.49. The number of ether oxygens (including phenoxy) is 1. The van der Waals surface area contributed by atoms with Crippen LogP contribution in [0.5, 0.6) is 11.5 Å². The van der Waals surface area contributed by atoms with E-state index in [2.05, 4.69) is 9.71 Å². The van der Waals surface area contributed by atoms with E-state index in [0.717, 1.165) is 17.0 Å². The quantitative estimate of drug-likeness (QED) is 0.719. The Balaban J connectivity index is 1.86. The molecule has 2 aromatic carbocycles. The molecule has 2 N–H and O–H groups in total. The van der Waals surface area contributed by atoms with Crippen molar-refractivity contribution in [3.63, 3.8) is 0 Å². The number of anilines is 1. The van der Waals surface area contributed by atoms with E-state index in [-0.39, 0.29) is 11.4 Å². The highest BCUT2D eigenvalue weighted by atomic mass is 32.2. The van der Waals surface area contributed by atoms with Crippen molar-refractivity contribution in [3.8, 4) is 11.5 Å². The Morgan fingerprint density at radius 2 is 2.00 bits per heavy atom. The number of hydrogen-bond acceptors (Lipinski definition) is 3. The number of nitrogens with zero attached hydrogens (tertiary/aromatic N) is 1. The predicted molar refractivity (Wildman–Crippen MR) is 82.6 cm³/mol. The summed E-state index contributed by atoms with van der Waals surface area (Å²) >= 11 is -2.25. The third-order valence-electron chi connectivity index (χ3n) is 2.93. The number of rotatable bonds is 4. The molecule has 0 radical (unpaired) electrons. The summed E-state index contributed by atoms with van der Waals surface area (Å²) in [6.45, 7) is 0. The van der Waals surface area contributed by atoms with Crippen molar-refractivity contribution < 1.29 is 17.9 Å². The third-order valence-corrected chi connectivity index (χ3v) is 3.34. The van der Waals surface area contributed by atoms with Crippen molar-refractivity contribution in [2.24, 2.45) is 0 Å². The van der Waals surface area contributed by atoms with Gasteiger partial charge >= 0.3 is 0 Å². The Kier molecular flexibility index (Phi) is 3.99. The van der Waals surface area contributed by atoms with Gasteiger partial charge in [-0.05, 0) is 24.3 Å². The van der Waals surface area contributed by atoms with E-state index in [9.17, 15) is 8.60 Å². The van der Waals surface area contributed by atoms with Crippen LogP contribution in [0.15, 0.2) is 54.7 Å². The van der Waals surface area contributed by atoms with E-state index in [1.807, 2.05) is 24.3 Å². The van der Waals surface area contributed by atoms with Gasteiger partial charge < -0.3 is 4.74 Å². The molecular weight excluding hydrogens is 307 g/mol. The molecule has 1 atom stereocenters. The Morgan fingerprint density at radius 1 is 1.18 bits per heavy atom. The standard InChI is InChI=1S/C15H11FN2O3S/c16-13-8-11(18-22(19)20)5-6-15(13)21-12-7-10-3-1-2-4-14(10)17-9-12/h1-9,18H,(H,19,20). The minimum atomic E-state index is -2.25. The molecule has 0 fully saturated rings. The van der Waals surface area contributed by atoms with Gasteiger partial charge in [0.1, 0.15) is 5.75 Å². The molecule has 3 aromatic rings. The second kappa shape index (κ2) is 6.08. The first-order valence-corrected chi connectivity index (χ1v) is 7.42. The third kappa shape index (κ3) is 3.21. The summed E-state index contributed by atoms with van der Waals surface area (Å²) < 4.78 is 40.9. The topological polar surface area (TPSA) is 71.5 Å². The highest BCUT2D eigenvalue weighted by molar-refractivity contribution is 7.80. The molecule has 1 aromatic heterocycles. The second-order valence-electron chi connectivity index (χ2n) is 4.46. The van der Waals surface area contributed by atoms with Gasteiger partial charge in [0.05, 0.1) is 17.4 Å². The lowest BCUT2D eigenvalue weighted by Gasteiger charge is -2.09. The van der Waals surface area contributed by atoms with Crippen LogP contribution in [0.4, 0.5) is 10.1 Å². The molecular formula is C15H11FN2O3S. The molecule has 0 saturated carbocycles. The van der Waals surface area contributed by atoms with Crippen LogP contribution in [-0.4, -0.2) is 13.7 Å². The molecule has 22 heavy (non-hydrogen) atoms. The summed E-state index contributed by atoms with van der Waals surface area (Å²) in [5.74, 6) is -0.237. The maximum atomic E-state index is 13.9. The summed E-state index contributed by atoms with van der Waals surface area (Å²) in [4.78, 5) is 4.23. The molecule has 0 bridgehead atoms. The fourth-order valence-electron chi connectivity index (χ4n) is 1.98. The SMILES string of the molecule is O=S(O)Nc1ccc(Oc2cnc3ccccc3c2)c(F)c1. The lowest BCUT2D eigenvalue weighted by molar-refractivity contribution is 0.441. The predicted octanol–water partition coefficient (Wildman–Crippen LogP) is 3.71. The van der Waals surface area contributed by atoms with E-state index >= 15 is 0 Å². The molecule has 0 saturated heterocycles. The van der Waals surface area contributed by atoms with Crippen molar-refractivity contribution >= 4 is 27.9 Å². The van der Waals surface area contributed by atoms with Crippen LogP contribution in [0.2, 0.25) is 0 Å². The highest BCUT2D eigenvalue weighted by Gasteiger charge is 2.08. The first-order chi connectivity index (χ1) is 10.6. The van der Waals surface area contributed by atoms with E-state index in [1.54, 1.807) is 6.07 Å². The van der Waals surface area contributed by atoms with Crippen LogP contribution in [-0.2, 0) is 11.3 Å². The number of para-hydroxylation sites is 1. The molecule has 3 rings (SSSR count). The number of benzene rings is 2. The van der Waals surface area contributed by atoms with Crippen LogP contribution in [0.1, 0.15) is 0 Å². The monoisotopic (exact) mass is 318 g/mol. The maximum absolute atomic E-state index is 13.9. The number of halogens is 1. The van der Waals surface area contributed by atoms with Crippen molar-refractivity contribution in [1.82, 2.24) is 4.98 Å². The first kappa shape index (κ1) is 14.4. The number of aromatic nitrogens is 1. The van der Waals surface area contributed by atoms with Crippen LogP contribution >= 0.6 is 0 Å². The van der Waals surface area contributed by atoms with E-state index in [1.165, 1.54) is 18.3 Å². The van der Waals surface area contributed by atoms with Gasteiger partial charge in [0.15, 0.2) is 11.6 Å². The van der Waals surface area contributed by atoms with Crippen molar-refractivity contribution in [1.29, 1.82) is 0 Å². The minimum Gasteiger partial charge on any atom is -0.453 e. The van der Waals surface area contributed by atoms with Crippen molar-refractivity contribution in [2.45, 2.75) is 0 Å². The smallest absolute Gasteiger partial charge is 0.259 e. The maximum Gasteiger partial charge on any atom is 0.259 e. The molecule has 0 amide bonds. The molecule has 0 aliphatic carbocycles. The van der Waals surface area contributed by atoms with E-state index in [0.29, 0.717) is 5.75 Å². The molecule has 0 spiro atoms. The fraction of sp³-hybridized carbons (Fsp3) is 0. The lowest BCUT2D eigenvalue weighted by Crippen LogP contribution is -2.02. The minimum absolute atomic E-state index is 0.00588. The average molecular weight is 318 g/mol. The Labute approximate surface area is 128 Å². The summed E-state index contributed by atoms with van der Waals surface area (Å²) in [6.07, 6.45) is 1.51. The number of nitrogens with one attached hydrogen (secondary N) is 1. The molecule has 112 valence electrons. The first-order valence-electron chi connectivity index (χ1n) is 6.31. The largest absolute Gasteiger partial charge is 0.453 e. The Hall–Kier alpha value is -2.51. The van der Waals surface area contributed by atoms with Gasteiger partial charge in [-0.15, -0.1) is 0 Å². The van der Waals surface area contributed by atoms with Gasteiger partial charge in [-0.25, -0.2) is 8.60 Å². The Morgan fingerprint density at radius 3 is 2.77 bits per heavy atom. The summed E-state index contributed by atoms with van der Waals surface area (Å²) in [5.41, 5.74) is 1.00. The molecule has 7 heteroatoms. The normalized spacial score (nSPS) is 12.1. The molecule has 1 unspecified atom stereocenters. The number of hydrogen-bond donors (Lipinski definition) is 2. The van der Waals surface area contributed by atoms with E-state index in [4.69, 9.17) is 9.29 Å². The molecule has 0 aliphatic rings. The number of fused-ring (bicyclic) bond motifs is 1. The van der Waals surface area contributed by atoms with Gasteiger partial charge in [-0.3, -0.25) is 14.3 Å². The van der Waals surface area contributed by atoms with Crippen molar-refractivity contribution in [3.05, 3.63) is 60.5 Å². The summed E-state index contributed by atoms with van der Waals surface area (Å²) in [7, 11) is 0. The van der Waals surface area contributed by atoms with Gasteiger partial charge in [-0.2, -0.15) is 0 Å². The van der Waals surface area contributed by atoms with Crippen LogP contribution in [0.3, 0.4) is 0 Å². The van der Waals surface area contributed by atoms with Crippen LogP contribution in [0, 0.1) is 5.82 Å². The van der Waals surface area contributed by atoms with Crippen LogP contribution < -0.4 is 9.46 Å². The van der Waals surface area contributed by atoms with E-state index < -0.39 is 17.1 Å². The molecule has 1 heterocycles. The zero-order chi connectivity index (χ0) is 15.5. The second-order valence-corrected chi connectivity index (χ2v) is 5.16. The fourth-order valence-corrected chi connectivity index (χ4v) is 2.31. The number of pyridine rings is 1. The zero-order valence-electron chi connectivity index (χ0n) is 11.2. The lowest BCUT2D eigenvalue weighted by atomic mass is 10.2. The van der Waals surface area contributed by atoms with Crippen LogP contribution in [0.25, 0.3) is 10.9 Å². The molecule has 5 nitrogen and oxygen atoms in total. The molecule has 0 aliphatic heterocycles. The van der Waals surface area contributed by atoms with Gasteiger partial charge in [0.2, 0.25) is 0 Å². The highest BCUT2D eigenvalue weighted by Crippen LogP contribution is 2.28. The summed E-state index contributed by atoms with van der Waals surface area (Å²) in [5, 5.41) is 0.884.